The molecule has 0 spiro atoms. The number of Topliss-reactive ketones (excluding diaryl/α,β-unsaturated/α-hetero) is 1. The Bertz CT molecular complexity index is 1190. The molecule has 0 aromatic carbocycles. The summed E-state index contributed by atoms with van der Waals surface area (Å²) in [5.41, 5.74) is 1.24. The molecule has 0 bridgehead atoms. The second-order valence-corrected chi connectivity index (χ2v) is 12.8. The maximum atomic E-state index is 13.2. The molecule has 4 nitrogen and oxygen atoms in total. The van der Waals surface area contributed by atoms with E-state index < -0.39 is 10.8 Å². The quantitative estimate of drug-likeness (QED) is 0.209. The standard InChI is InChI=1S/C35H47O4/c1-10-32(3,4)30(36)25-13-12-23-35(9,24-22-25)31(37)38-28-18-14-26(15-19-28)34(7,8)27-16-20-29(21-17-27)39-33(5,6)11-2/h12-14,16,18,20,22-24H,7,10-11,15,17,19,21H2,1-6,8-9H3/q-1. The zero-order valence-corrected chi connectivity index (χ0v) is 25.3. The molecule has 0 heterocycles. The molecular formula is C35H47O4-. The average Bonchev–Trinajstić information content (AvgIpc) is 3.11. The van der Waals surface area contributed by atoms with Crippen molar-refractivity contribution in [1.82, 2.24) is 0 Å². The lowest BCUT2D eigenvalue weighted by atomic mass is 9.71. The lowest BCUT2D eigenvalue weighted by molar-refractivity contribution is -0.145. The fraction of sp³-hybridized carbons (Fsp3) is 0.514. The largest absolute Gasteiger partial charge is 0.492 e. The number of esters is 1. The predicted octanol–water partition coefficient (Wildman–Crippen LogP) is 8.85. The Hall–Kier alpha value is -2.88. The number of ether oxygens (including phenoxy) is 2. The van der Waals surface area contributed by atoms with Crippen LogP contribution in [0.5, 0.6) is 0 Å². The minimum absolute atomic E-state index is 0.0736. The van der Waals surface area contributed by atoms with Crippen molar-refractivity contribution >= 4 is 11.8 Å². The normalized spacial score (nSPS) is 23.4. The summed E-state index contributed by atoms with van der Waals surface area (Å²) in [6.07, 6.45) is 22.0. The fourth-order valence-corrected chi connectivity index (χ4v) is 4.75. The van der Waals surface area contributed by atoms with Gasteiger partial charge in [0.25, 0.3) is 0 Å². The van der Waals surface area contributed by atoms with Crippen molar-refractivity contribution in [3.63, 3.8) is 0 Å². The molecule has 0 aromatic rings. The molecule has 0 saturated heterocycles. The molecule has 0 fully saturated rings. The van der Waals surface area contributed by atoms with E-state index in [1.54, 1.807) is 30.4 Å². The second-order valence-electron chi connectivity index (χ2n) is 12.8. The van der Waals surface area contributed by atoms with Gasteiger partial charge in [0, 0.05) is 23.8 Å². The van der Waals surface area contributed by atoms with Gasteiger partial charge in [-0.25, -0.2) is 0 Å². The van der Waals surface area contributed by atoms with Crippen LogP contribution in [-0.2, 0) is 19.1 Å². The van der Waals surface area contributed by atoms with Crippen LogP contribution in [0.1, 0.15) is 93.9 Å². The van der Waals surface area contributed by atoms with E-state index in [-0.39, 0.29) is 22.8 Å². The van der Waals surface area contributed by atoms with E-state index in [1.807, 2.05) is 33.8 Å². The number of hydrogen-bond donors (Lipinski definition) is 0. The number of allylic oxidation sites excluding steroid dienone is 12. The summed E-state index contributed by atoms with van der Waals surface area (Å²) in [6, 6.07) is 0. The average molecular weight is 532 g/mol. The minimum Gasteiger partial charge on any atom is -0.492 e. The number of carbonyl (C=O) groups is 2. The second kappa shape index (κ2) is 11.7. The molecule has 2 atom stereocenters. The zero-order chi connectivity index (χ0) is 29.1. The minimum atomic E-state index is -0.952. The van der Waals surface area contributed by atoms with Crippen LogP contribution in [0.3, 0.4) is 0 Å². The van der Waals surface area contributed by atoms with Gasteiger partial charge < -0.3 is 16.4 Å². The maximum Gasteiger partial charge on any atom is 0.324 e. The summed E-state index contributed by atoms with van der Waals surface area (Å²) in [6.45, 7) is 20.8. The van der Waals surface area contributed by atoms with Crippen LogP contribution in [0.25, 0.3) is 0 Å². The molecule has 3 rings (SSSR count). The van der Waals surface area contributed by atoms with Gasteiger partial charge in [-0.3, -0.25) is 9.59 Å². The van der Waals surface area contributed by atoms with Crippen LogP contribution < -0.4 is 0 Å². The molecule has 2 unspecified atom stereocenters. The number of rotatable bonds is 10. The van der Waals surface area contributed by atoms with Gasteiger partial charge in [-0.2, -0.15) is 0 Å². The van der Waals surface area contributed by atoms with E-state index in [2.05, 4.69) is 52.8 Å². The summed E-state index contributed by atoms with van der Waals surface area (Å²) in [5, 5.41) is 0. The number of carbonyl (C=O) groups excluding carboxylic acids is 2. The van der Waals surface area contributed by atoms with Crippen LogP contribution in [0.2, 0.25) is 0 Å². The first kappa shape index (κ1) is 30.7. The number of hydrogen-bond acceptors (Lipinski definition) is 4. The van der Waals surface area contributed by atoms with Crippen LogP contribution in [0, 0.1) is 23.2 Å². The first-order chi connectivity index (χ1) is 18.1. The molecule has 0 saturated carbocycles. The molecule has 0 amide bonds. The van der Waals surface area contributed by atoms with Crippen molar-refractivity contribution in [2.75, 3.05) is 0 Å². The van der Waals surface area contributed by atoms with Crippen molar-refractivity contribution < 1.29 is 19.1 Å². The van der Waals surface area contributed by atoms with E-state index in [0.717, 1.165) is 37.9 Å². The topological polar surface area (TPSA) is 52.6 Å². The van der Waals surface area contributed by atoms with Gasteiger partial charge in [0.05, 0.1) is 5.76 Å². The summed E-state index contributed by atoms with van der Waals surface area (Å²) < 4.78 is 12.0. The number of ketones is 1. The third-order valence-corrected chi connectivity index (χ3v) is 8.65. The van der Waals surface area contributed by atoms with Gasteiger partial charge in [-0.1, -0.05) is 88.3 Å². The lowest BCUT2D eigenvalue weighted by Gasteiger charge is -2.41. The molecule has 4 heteroatoms. The van der Waals surface area contributed by atoms with Crippen LogP contribution in [0.15, 0.2) is 82.9 Å². The smallest absolute Gasteiger partial charge is 0.324 e. The molecule has 0 aromatic heterocycles. The molecule has 3 aliphatic carbocycles. The van der Waals surface area contributed by atoms with E-state index in [4.69, 9.17) is 9.47 Å². The SMILES string of the molecule is [CH2-]C(C)(C1=CC=C(OC(=O)C2(C)C=CC=C(C(=O)C(C)(C)CC)C=C2)CC1)C1=CC=C(OC(C)(C)CC)CC1. The predicted molar refractivity (Wildman–Crippen MR) is 159 cm³/mol. The monoisotopic (exact) mass is 531 g/mol. The van der Waals surface area contributed by atoms with E-state index in [0.29, 0.717) is 17.8 Å². The molecule has 0 aliphatic heterocycles. The first-order valence-electron chi connectivity index (χ1n) is 14.3. The van der Waals surface area contributed by atoms with Gasteiger partial charge in [0.2, 0.25) is 0 Å². The van der Waals surface area contributed by atoms with E-state index in [1.165, 1.54) is 11.1 Å². The van der Waals surface area contributed by atoms with Gasteiger partial charge in [0.1, 0.15) is 16.8 Å². The summed E-state index contributed by atoms with van der Waals surface area (Å²) in [4.78, 5) is 26.1. The van der Waals surface area contributed by atoms with E-state index >= 15 is 0 Å². The summed E-state index contributed by atoms with van der Waals surface area (Å²) in [5.74, 6) is 1.40. The molecule has 0 radical (unpaired) electrons. The van der Waals surface area contributed by atoms with Crippen molar-refractivity contribution in [3.05, 3.63) is 89.8 Å². The Morgan fingerprint density at radius 3 is 1.95 bits per heavy atom. The Kier molecular flexibility index (Phi) is 9.20. The third kappa shape index (κ3) is 7.21. The van der Waals surface area contributed by atoms with Gasteiger partial charge in [-0.05, 0) is 58.6 Å². The highest BCUT2D eigenvalue weighted by Crippen LogP contribution is 2.43. The fourth-order valence-electron chi connectivity index (χ4n) is 4.75. The van der Waals surface area contributed by atoms with Crippen LogP contribution in [-0.4, -0.2) is 17.4 Å². The molecule has 0 N–H and O–H groups in total. The van der Waals surface area contributed by atoms with Gasteiger partial charge in [0.15, 0.2) is 5.78 Å². The van der Waals surface area contributed by atoms with Crippen LogP contribution >= 0.6 is 0 Å². The summed E-state index contributed by atoms with van der Waals surface area (Å²) >= 11 is 0. The van der Waals surface area contributed by atoms with Gasteiger partial charge in [-0.15, -0.1) is 5.41 Å². The molecule has 39 heavy (non-hydrogen) atoms. The highest BCUT2D eigenvalue weighted by Gasteiger charge is 2.34. The Morgan fingerprint density at radius 2 is 1.44 bits per heavy atom. The maximum absolute atomic E-state index is 13.2. The Balaban J connectivity index is 1.68. The third-order valence-electron chi connectivity index (χ3n) is 8.65. The van der Waals surface area contributed by atoms with E-state index in [9.17, 15) is 9.59 Å². The highest BCUT2D eigenvalue weighted by molar-refractivity contribution is 6.02. The van der Waals surface area contributed by atoms with Crippen molar-refractivity contribution in [1.29, 1.82) is 0 Å². The summed E-state index contributed by atoms with van der Waals surface area (Å²) in [7, 11) is 0. The highest BCUT2D eigenvalue weighted by atomic mass is 16.5. The van der Waals surface area contributed by atoms with Gasteiger partial charge >= 0.3 is 5.97 Å². The Morgan fingerprint density at radius 1 is 0.846 bits per heavy atom. The zero-order valence-electron chi connectivity index (χ0n) is 25.3. The molecule has 3 aliphatic rings. The molecule has 212 valence electrons. The first-order valence-corrected chi connectivity index (χ1v) is 14.3. The van der Waals surface area contributed by atoms with Crippen LogP contribution in [0.4, 0.5) is 0 Å². The van der Waals surface area contributed by atoms with Crippen molar-refractivity contribution in [2.24, 2.45) is 16.2 Å². The van der Waals surface area contributed by atoms with Crippen molar-refractivity contribution in [2.45, 2.75) is 99.5 Å². The molecular weight excluding hydrogens is 484 g/mol. The Labute approximate surface area is 236 Å². The van der Waals surface area contributed by atoms with Crippen molar-refractivity contribution in [3.8, 4) is 0 Å². The lowest BCUT2D eigenvalue weighted by Crippen LogP contribution is -2.27.